The zero-order chi connectivity index (χ0) is 17.6. The Morgan fingerprint density at radius 2 is 1.67 bits per heavy atom. The Hall–Kier alpha value is -1.11. The molecule has 2 heterocycles. The van der Waals surface area contributed by atoms with Crippen LogP contribution in [0.25, 0.3) is 10.6 Å². The summed E-state index contributed by atoms with van der Waals surface area (Å²) in [5.41, 5.74) is 1.14. The summed E-state index contributed by atoms with van der Waals surface area (Å²) in [6.07, 6.45) is 0. The van der Waals surface area contributed by atoms with Gasteiger partial charge in [0.1, 0.15) is 18.8 Å². The minimum absolute atomic E-state index is 0.794. The van der Waals surface area contributed by atoms with Crippen molar-refractivity contribution in [1.29, 1.82) is 0 Å². The van der Waals surface area contributed by atoms with E-state index in [0.29, 0.717) is 0 Å². The zero-order valence-corrected chi connectivity index (χ0v) is 15.1. The maximum Gasteiger partial charge on any atom is 0.389 e. The first kappa shape index (κ1) is 19.2. The van der Waals surface area contributed by atoms with E-state index in [1.807, 2.05) is 24.3 Å². The van der Waals surface area contributed by atoms with Crippen molar-refractivity contribution < 1.29 is 38.4 Å². The molecule has 1 saturated heterocycles. The summed E-state index contributed by atoms with van der Waals surface area (Å²) in [5, 5.41) is 1.06. The molecule has 2 aromatic rings. The van der Waals surface area contributed by atoms with Crippen LogP contribution in [0.1, 0.15) is 0 Å². The number of halogens is 1. The van der Waals surface area contributed by atoms with Gasteiger partial charge in [0.2, 0.25) is 5.01 Å². The third-order valence-electron chi connectivity index (χ3n) is 3.01. The molecular weight excluding hydrogens is 380 g/mol. The van der Waals surface area contributed by atoms with Crippen LogP contribution in [-0.2, 0) is 4.74 Å². The minimum atomic E-state index is -4.94. The maximum absolute atomic E-state index is 8.49. The van der Waals surface area contributed by atoms with Gasteiger partial charge in [-0.25, -0.2) is 23.2 Å². The number of ether oxygens (including phenoxy) is 2. The lowest BCUT2D eigenvalue weighted by Crippen LogP contribution is -2.68. The summed E-state index contributed by atoms with van der Waals surface area (Å²) in [5.74, 6) is 0.873. The predicted molar refractivity (Wildman–Crippen MR) is 77.8 cm³/mol. The molecule has 0 atom stereocenters. The van der Waals surface area contributed by atoms with Gasteiger partial charge in [0.25, 0.3) is 0 Å². The highest BCUT2D eigenvalue weighted by molar-refractivity contribution is 7.69. The van der Waals surface area contributed by atoms with Crippen LogP contribution in [0.4, 0.5) is 0 Å². The fraction of sp³-hybridized carbons (Fsp3) is 0.385. The third kappa shape index (κ3) is 6.42. The second kappa shape index (κ2) is 8.83. The van der Waals surface area contributed by atoms with E-state index in [2.05, 4.69) is 4.58 Å². The van der Waals surface area contributed by atoms with Crippen molar-refractivity contribution >= 4 is 20.7 Å². The molecule has 3 rings (SSSR count). The van der Waals surface area contributed by atoms with E-state index < -0.39 is 10.2 Å². The van der Waals surface area contributed by atoms with E-state index >= 15 is 0 Å². The molecule has 0 spiro atoms. The summed E-state index contributed by atoms with van der Waals surface area (Å²) >= 11 is 0. The summed E-state index contributed by atoms with van der Waals surface area (Å²) in [7, 11) is 0.181. The lowest BCUT2D eigenvalue weighted by Gasteiger charge is -2.17. The highest BCUT2D eigenvalue weighted by atomic mass is 35.7. The zero-order valence-electron chi connectivity index (χ0n) is 12.7. The Labute approximate surface area is 147 Å². The Balaban J connectivity index is 0.000000368. The van der Waals surface area contributed by atoms with Gasteiger partial charge in [0.15, 0.2) is 0 Å². The number of aromatic nitrogens is 1. The standard InChI is InChI=1S/C13H15N2O2S2.ClHO4/c1-16-11-4-2-10(3-5-11)12-14-13(19-18-12)15-6-8-17-9-7-15;2-1(3,4)5/h2-5H,6-9H2,1H3;(H,2,3,4,5)/q+1;/p-1. The average Bonchev–Trinajstić information content (AvgIpc) is 3.04. The molecule has 8 nitrogen and oxygen atoms in total. The first-order valence-electron chi connectivity index (χ1n) is 6.76. The molecule has 1 aliphatic heterocycles. The van der Waals surface area contributed by atoms with Crippen LogP contribution in [0, 0.1) is 10.2 Å². The van der Waals surface area contributed by atoms with Gasteiger partial charge in [-0.1, -0.05) is 0 Å². The minimum Gasteiger partial charge on any atom is -0.497 e. The average molecular weight is 395 g/mol. The summed E-state index contributed by atoms with van der Waals surface area (Å²) in [6.45, 7) is 3.45. The first-order valence-corrected chi connectivity index (χ1v) is 10.1. The van der Waals surface area contributed by atoms with E-state index in [4.69, 9.17) is 33.1 Å². The second-order valence-corrected chi connectivity index (χ2v) is 7.41. The molecule has 0 bridgehead atoms. The van der Waals surface area contributed by atoms with Gasteiger partial charge in [-0.2, -0.15) is 0 Å². The van der Waals surface area contributed by atoms with Crippen LogP contribution in [0.3, 0.4) is 0 Å². The number of rotatable bonds is 2. The number of methoxy groups -OCH3 is 1. The van der Waals surface area contributed by atoms with Crippen LogP contribution < -0.4 is 32.7 Å². The van der Waals surface area contributed by atoms with Crippen LogP contribution in [0.5, 0.6) is 5.75 Å². The van der Waals surface area contributed by atoms with Gasteiger partial charge in [0.05, 0.1) is 20.3 Å². The normalized spacial score (nSPS) is 14.8. The molecule has 1 aliphatic rings. The lowest BCUT2D eigenvalue weighted by atomic mass is 10.2. The first-order chi connectivity index (χ1) is 11.4. The van der Waals surface area contributed by atoms with Gasteiger partial charge >= 0.3 is 4.80 Å². The van der Waals surface area contributed by atoms with Crippen molar-refractivity contribution in [3.63, 3.8) is 0 Å². The van der Waals surface area contributed by atoms with Gasteiger partial charge < -0.3 is 9.47 Å². The summed E-state index contributed by atoms with van der Waals surface area (Å²) < 4.78 is 46.8. The van der Waals surface area contributed by atoms with E-state index in [0.717, 1.165) is 47.4 Å². The Bertz CT molecular complexity index is 696. The molecule has 1 aromatic carbocycles. The molecule has 0 aliphatic carbocycles. The van der Waals surface area contributed by atoms with E-state index in [-0.39, 0.29) is 0 Å². The Kier molecular flexibility index (Phi) is 7.07. The molecule has 132 valence electrons. The second-order valence-electron chi connectivity index (χ2n) is 4.57. The number of morpholine rings is 1. The number of nitrogens with zero attached hydrogens (tertiary/aromatic N) is 2. The maximum atomic E-state index is 8.49. The Morgan fingerprint density at radius 1 is 1.08 bits per heavy atom. The summed E-state index contributed by atoms with van der Waals surface area (Å²) in [4.78, 5) is 5.82. The molecule has 0 saturated carbocycles. The van der Waals surface area contributed by atoms with Gasteiger partial charge in [-0.05, 0) is 39.6 Å². The topological polar surface area (TPSA) is 127 Å². The van der Waals surface area contributed by atoms with Crippen molar-refractivity contribution in [2.75, 3.05) is 33.4 Å². The molecule has 24 heavy (non-hydrogen) atoms. The smallest absolute Gasteiger partial charge is 0.389 e. The summed E-state index contributed by atoms with van der Waals surface area (Å²) in [6, 6.07) is 8.03. The molecule has 0 N–H and O–H groups in total. The van der Waals surface area contributed by atoms with Crippen molar-refractivity contribution in [3.8, 4) is 16.3 Å². The van der Waals surface area contributed by atoms with Crippen LogP contribution in [-0.4, -0.2) is 38.4 Å². The Morgan fingerprint density at radius 3 is 2.21 bits per heavy atom. The highest BCUT2D eigenvalue weighted by Gasteiger charge is 2.15. The highest BCUT2D eigenvalue weighted by Crippen LogP contribution is 2.24. The fourth-order valence-corrected chi connectivity index (χ4v) is 4.20. The third-order valence-corrected chi connectivity index (χ3v) is 5.25. The molecule has 11 heteroatoms. The van der Waals surface area contributed by atoms with Crippen LogP contribution in [0.15, 0.2) is 24.3 Å². The molecule has 0 radical (unpaired) electrons. The van der Waals surface area contributed by atoms with Crippen molar-refractivity contribution in [3.05, 3.63) is 29.1 Å². The van der Waals surface area contributed by atoms with E-state index in [9.17, 15) is 0 Å². The fourth-order valence-electron chi connectivity index (χ4n) is 1.93. The van der Waals surface area contributed by atoms with Gasteiger partial charge in [-0.3, -0.25) is 0 Å². The molecule has 1 aromatic heterocycles. The van der Waals surface area contributed by atoms with Crippen molar-refractivity contribution in [1.82, 2.24) is 9.56 Å². The van der Waals surface area contributed by atoms with Crippen molar-refractivity contribution in [2.45, 2.75) is 0 Å². The number of benzene rings is 1. The largest absolute Gasteiger partial charge is 0.497 e. The lowest BCUT2D eigenvalue weighted by molar-refractivity contribution is -2.00. The molecular formula is C13H15ClN2O6S2. The number of hydrogen-bond donors (Lipinski definition) is 0. The van der Waals surface area contributed by atoms with E-state index in [1.165, 1.54) is 0 Å². The molecule has 1 fully saturated rings. The molecule has 0 unspecified atom stereocenters. The van der Waals surface area contributed by atoms with Gasteiger partial charge in [-0.15, -0.1) is 10.2 Å². The van der Waals surface area contributed by atoms with Crippen LogP contribution in [0.2, 0.25) is 0 Å². The quantitative estimate of drug-likeness (QED) is 0.390. The molecule has 0 amide bonds. The van der Waals surface area contributed by atoms with Crippen LogP contribution >= 0.6 is 20.7 Å². The van der Waals surface area contributed by atoms with Crippen molar-refractivity contribution in [2.24, 2.45) is 0 Å². The SMILES string of the molecule is COc1ccc(-c2nc(=[N+]3CCOCC3)ss2)cc1.[O-][Cl+3]([O-])([O-])[O-]. The predicted octanol–water partition coefficient (Wildman–Crippen LogP) is -3.07. The number of hydrogen-bond acceptors (Lipinski definition) is 9. The van der Waals surface area contributed by atoms with E-state index in [1.54, 1.807) is 27.8 Å². The monoisotopic (exact) mass is 394 g/mol. The van der Waals surface area contributed by atoms with Gasteiger partial charge in [0, 0.05) is 15.9 Å².